The van der Waals surface area contributed by atoms with Gasteiger partial charge in [-0.2, -0.15) is 0 Å². The molecule has 4 rings (SSSR count). The zero-order valence-corrected chi connectivity index (χ0v) is 19.1. The zero-order valence-electron chi connectivity index (χ0n) is 18.3. The molecule has 9 nitrogen and oxygen atoms in total. The third-order valence-corrected chi connectivity index (χ3v) is 6.51. The Morgan fingerprint density at radius 3 is 2.91 bits per heavy atom. The summed E-state index contributed by atoms with van der Waals surface area (Å²) >= 11 is 1.34. The fourth-order valence-electron chi connectivity index (χ4n) is 3.81. The first-order chi connectivity index (χ1) is 15.6. The number of ether oxygens (including phenoxy) is 2. The summed E-state index contributed by atoms with van der Waals surface area (Å²) in [4.78, 5) is 26.5. The number of nitrogens with one attached hydrogen (secondary N) is 1. The molecule has 32 heavy (non-hydrogen) atoms. The van der Waals surface area contributed by atoms with Gasteiger partial charge in [0.2, 0.25) is 11.8 Å². The van der Waals surface area contributed by atoms with Gasteiger partial charge in [-0.1, -0.05) is 30.3 Å². The lowest BCUT2D eigenvalue weighted by Crippen LogP contribution is -2.41. The first-order valence-corrected chi connectivity index (χ1v) is 12.1. The number of benzene rings is 1. The second-order valence-corrected chi connectivity index (χ2v) is 8.80. The van der Waals surface area contributed by atoms with E-state index in [0.717, 1.165) is 37.4 Å². The average Bonchev–Trinajstić information content (AvgIpc) is 3.09. The summed E-state index contributed by atoms with van der Waals surface area (Å²) < 4.78 is 13.5. The van der Waals surface area contributed by atoms with Gasteiger partial charge in [0.05, 0.1) is 18.8 Å². The summed E-state index contributed by atoms with van der Waals surface area (Å²) in [5.74, 6) is 2.48. The quantitative estimate of drug-likeness (QED) is 0.605. The van der Waals surface area contributed by atoms with Crippen LogP contribution in [-0.2, 0) is 22.7 Å². The molecule has 0 spiro atoms. The Morgan fingerprint density at radius 1 is 1.22 bits per heavy atom. The van der Waals surface area contributed by atoms with Crippen molar-refractivity contribution in [1.29, 1.82) is 0 Å². The van der Waals surface area contributed by atoms with Gasteiger partial charge >= 0.3 is 0 Å². The molecule has 1 N–H and O–H groups in total. The number of carbonyl (C=O) groups is 2. The number of fused-ring (bicyclic) bond motifs is 1. The minimum absolute atomic E-state index is 0.104. The number of amides is 2. The molecule has 1 aromatic carbocycles. The third-order valence-electron chi connectivity index (χ3n) is 5.54. The SMILES string of the molecule is CCn1c(CN2CCCCCC2=O)nnc1SCC(=O)NC[C@H]1COc2ccccc2O1. The molecular formula is C22H29N5O4S. The number of aromatic nitrogens is 3. The second kappa shape index (κ2) is 10.7. The zero-order chi connectivity index (χ0) is 22.3. The van der Waals surface area contributed by atoms with E-state index in [0.29, 0.717) is 43.6 Å². The van der Waals surface area contributed by atoms with Gasteiger partial charge in [0.15, 0.2) is 22.5 Å². The summed E-state index contributed by atoms with van der Waals surface area (Å²) in [7, 11) is 0. The van der Waals surface area contributed by atoms with E-state index in [1.807, 2.05) is 40.7 Å². The van der Waals surface area contributed by atoms with Gasteiger partial charge in [-0.15, -0.1) is 10.2 Å². The minimum Gasteiger partial charge on any atom is -0.486 e. The van der Waals surface area contributed by atoms with Crippen molar-refractivity contribution in [2.75, 3.05) is 25.4 Å². The van der Waals surface area contributed by atoms with E-state index in [2.05, 4.69) is 15.5 Å². The predicted molar refractivity (Wildman–Crippen MR) is 120 cm³/mol. The fraction of sp³-hybridized carbons (Fsp3) is 0.545. The maximum atomic E-state index is 12.4. The van der Waals surface area contributed by atoms with E-state index in [-0.39, 0.29) is 23.7 Å². The highest BCUT2D eigenvalue weighted by atomic mass is 32.2. The number of nitrogens with zero attached hydrogens (tertiary/aromatic N) is 4. The number of hydrogen-bond acceptors (Lipinski definition) is 7. The molecule has 0 saturated carbocycles. The van der Waals surface area contributed by atoms with Crippen LogP contribution in [0, 0.1) is 0 Å². The van der Waals surface area contributed by atoms with Crippen LogP contribution in [-0.4, -0.2) is 63.0 Å². The molecule has 10 heteroatoms. The molecule has 0 radical (unpaired) electrons. The molecule has 1 atom stereocenters. The molecule has 0 aliphatic carbocycles. The van der Waals surface area contributed by atoms with Crippen LogP contribution < -0.4 is 14.8 Å². The van der Waals surface area contributed by atoms with Crippen LogP contribution in [0.2, 0.25) is 0 Å². The predicted octanol–water partition coefficient (Wildman–Crippen LogP) is 2.25. The van der Waals surface area contributed by atoms with Gasteiger partial charge in [0.25, 0.3) is 0 Å². The Kier molecular flexibility index (Phi) is 7.51. The van der Waals surface area contributed by atoms with Crippen molar-refractivity contribution in [3.63, 3.8) is 0 Å². The van der Waals surface area contributed by atoms with Crippen molar-refractivity contribution in [1.82, 2.24) is 25.0 Å². The van der Waals surface area contributed by atoms with Crippen molar-refractivity contribution in [2.24, 2.45) is 0 Å². The molecule has 1 saturated heterocycles. The Hall–Kier alpha value is -2.75. The van der Waals surface area contributed by atoms with Crippen LogP contribution in [0.3, 0.4) is 0 Å². The lowest BCUT2D eigenvalue weighted by Gasteiger charge is -2.26. The number of likely N-dealkylation sites (tertiary alicyclic amines) is 1. The van der Waals surface area contributed by atoms with Gasteiger partial charge < -0.3 is 24.3 Å². The van der Waals surface area contributed by atoms with Crippen molar-refractivity contribution in [2.45, 2.75) is 57.0 Å². The van der Waals surface area contributed by atoms with E-state index in [9.17, 15) is 9.59 Å². The highest BCUT2D eigenvalue weighted by Crippen LogP contribution is 2.30. The normalized spacial score (nSPS) is 18.3. The molecule has 3 heterocycles. The average molecular weight is 460 g/mol. The van der Waals surface area contributed by atoms with Crippen molar-refractivity contribution < 1.29 is 19.1 Å². The number of thioether (sulfide) groups is 1. The molecule has 1 fully saturated rings. The van der Waals surface area contributed by atoms with E-state index in [4.69, 9.17) is 9.47 Å². The van der Waals surface area contributed by atoms with Crippen molar-refractivity contribution >= 4 is 23.6 Å². The number of carbonyl (C=O) groups excluding carboxylic acids is 2. The topological polar surface area (TPSA) is 98.6 Å². The summed E-state index contributed by atoms with van der Waals surface area (Å²) in [6.07, 6.45) is 3.44. The Labute approximate surface area is 191 Å². The molecule has 2 aromatic rings. The maximum Gasteiger partial charge on any atom is 0.230 e. The molecule has 2 aliphatic rings. The van der Waals surface area contributed by atoms with E-state index in [1.165, 1.54) is 11.8 Å². The second-order valence-electron chi connectivity index (χ2n) is 7.86. The molecular weight excluding hydrogens is 430 g/mol. The van der Waals surface area contributed by atoms with Crippen molar-refractivity contribution in [3.8, 4) is 11.5 Å². The van der Waals surface area contributed by atoms with Crippen LogP contribution in [0.15, 0.2) is 29.4 Å². The standard InChI is InChI=1S/C22H29N5O4S/c1-2-27-19(13-26-11-7-3-4-10-21(26)29)24-25-22(27)32-15-20(28)23-12-16-14-30-17-8-5-6-9-18(17)31-16/h5-6,8-9,16H,2-4,7,10-15H2,1H3,(H,23,28)/t16-/m0/s1. The summed E-state index contributed by atoms with van der Waals surface area (Å²) in [6.45, 7) is 4.69. The Morgan fingerprint density at radius 2 is 2.06 bits per heavy atom. The van der Waals surface area contributed by atoms with E-state index in [1.54, 1.807) is 0 Å². The first-order valence-electron chi connectivity index (χ1n) is 11.1. The lowest BCUT2D eigenvalue weighted by atomic mass is 10.2. The highest BCUT2D eigenvalue weighted by Gasteiger charge is 2.23. The van der Waals surface area contributed by atoms with Gasteiger partial charge in [0.1, 0.15) is 12.7 Å². The fourth-order valence-corrected chi connectivity index (χ4v) is 4.66. The minimum atomic E-state index is -0.226. The number of hydrogen-bond donors (Lipinski definition) is 1. The van der Waals surface area contributed by atoms with Crippen LogP contribution >= 0.6 is 11.8 Å². The lowest BCUT2D eigenvalue weighted by molar-refractivity contribution is -0.131. The van der Waals surface area contributed by atoms with Gasteiger partial charge in [-0.05, 0) is 31.9 Å². The molecule has 2 amide bonds. The molecule has 0 bridgehead atoms. The molecule has 172 valence electrons. The maximum absolute atomic E-state index is 12.4. The van der Waals surface area contributed by atoms with E-state index < -0.39 is 0 Å². The summed E-state index contributed by atoms with van der Waals surface area (Å²) in [5, 5.41) is 12.1. The molecule has 2 aliphatic heterocycles. The van der Waals surface area contributed by atoms with Crippen molar-refractivity contribution in [3.05, 3.63) is 30.1 Å². The van der Waals surface area contributed by atoms with Crippen LogP contribution in [0.1, 0.15) is 38.4 Å². The highest BCUT2D eigenvalue weighted by molar-refractivity contribution is 7.99. The monoisotopic (exact) mass is 459 g/mol. The largest absolute Gasteiger partial charge is 0.486 e. The smallest absolute Gasteiger partial charge is 0.230 e. The summed E-state index contributed by atoms with van der Waals surface area (Å²) in [6, 6.07) is 7.50. The Bertz CT molecular complexity index is 950. The first kappa shape index (κ1) is 22.4. The third kappa shape index (κ3) is 5.53. The summed E-state index contributed by atoms with van der Waals surface area (Å²) in [5.41, 5.74) is 0. The van der Waals surface area contributed by atoms with Gasteiger partial charge in [0, 0.05) is 19.5 Å². The number of rotatable bonds is 8. The molecule has 1 aromatic heterocycles. The Balaban J connectivity index is 1.26. The van der Waals surface area contributed by atoms with Crippen LogP contribution in [0.4, 0.5) is 0 Å². The van der Waals surface area contributed by atoms with Crippen LogP contribution in [0.5, 0.6) is 11.5 Å². The van der Waals surface area contributed by atoms with Crippen LogP contribution in [0.25, 0.3) is 0 Å². The number of para-hydroxylation sites is 2. The van der Waals surface area contributed by atoms with E-state index >= 15 is 0 Å². The molecule has 0 unspecified atom stereocenters. The van der Waals surface area contributed by atoms with Gasteiger partial charge in [-0.3, -0.25) is 9.59 Å². The van der Waals surface area contributed by atoms with Gasteiger partial charge in [-0.25, -0.2) is 0 Å².